The summed E-state index contributed by atoms with van der Waals surface area (Å²) in [5.74, 6) is 0.183. The van der Waals surface area contributed by atoms with E-state index in [2.05, 4.69) is 68.9 Å². The Balaban J connectivity index is 1.28. The minimum Gasteiger partial charge on any atom is -0.353 e. The van der Waals surface area contributed by atoms with E-state index < -0.39 is 0 Å². The smallest absolute Gasteiger partial charge is 0.221 e. The second-order valence-corrected chi connectivity index (χ2v) is 8.09. The molecule has 1 aromatic heterocycles. The van der Waals surface area contributed by atoms with Crippen LogP contribution in [0.5, 0.6) is 0 Å². The average molecular weight is 386 g/mol. The Labute approximate surface area is 171 Å². The number of H-pyrrole nitrogens is 1. The molecule has 3 aromatic rings. The van der Waals surface area contributed by atoms with Crippen molar-refractivity contribution in [3.63, 3.8) is 0 Å². The fourth-order valence-corrected chi connectivity index (χ4v) is 4.02. The number of carbonyl (C=O) groups excluding carboxylic acids is 1. The Kier molecular flexibility index (Phi) is 4.90. The Morgan fingerprint density at radius 2 is 1.76 bits per heavy atom. The van der Waals surface area contributed by atoms with Crippen molar-refractivity contribution in [2.24, 2.45) is 0 Å². The summed E-state index contributed by atoms with van der Waals surface area (Å²) in [6, 6.07) is 19.5. The molecule has 1 aliphatic carbocycles. The van der Waals surface area contributed by atoms with Gasteiger partial charge >= 0.3 is 0 Å². The van der Waals surface area contributed by atoms with Gasteiger partial charge < -0.3 is 5.32 Å². The maximum absolute atomic E-state index is 12.0. The van der Waals surface area contributed by atoms with Gasteiger partial charge in [-0.05, 0) is 24.0 Å². The normalized spacial score (nSPS) is 16.4. The summed E-state index contributed by atoms with van der Waals surface area (Å²) < 4.78 is 0. The van der Waals surface area contributed by atoms with Crippen molar-refractivity contribution in [3.8, 4) is 22.4 Å². The standard InChI is InChI=1S/C24H26N4O/c29-23(25-20-10-11-20)13-15-28-14-12-22-21(16-28)24(27-26-22)19-8-6-18(7-9-19)17-4-2-1-3-5-17/h1-9,20H,10-16H2,(H,25,29)(H,26,27). The molecule has 0 saturated heterocycles. The number of aromatic nitrogens is 2. The summed E-state index contributed by atoms with van der Waals surface area (Å²) in [6.07, 6.45) is 3.81. The van der Waals surface area contributed by atoms with Crippen molar-refractivity contribution in [3.05, 3.63) is 65.9 Å². The number of hydrogen-bond donors (Lipinski definition) is 2. The number of nitrogens with one attached hydrogen (secondary N) is 2. The topological polar surface area (TPSA) is 61.0 Å². The van der Waals surface area contributed by atoms with E-state index >= 15 is 0 Å². The summed E-state index contributed by atoms with van der Waals surface area (Å²) in [4.78, 5) is 14.4. The summed E-state index contributed by atoms with van der Waals surface area (Å²) in [5.41, 5.74) is 7.10. The molecular formula is C24H26N4O. The molecule has 2 aliphatic rings. The van der Waals surface area contributed by atoms with Crippen LogP contribution in [0.25, 0.3) is 22.4 Å². The van der Waals surface area contributed by atoms with Gasteiger partial charge in [-0.3, -0.25) is 14.8 Å². The summed E-state index contributed by atoms with van der Waals surface area (Å²) >= 11 is 0. The minimum atomic E-state index is 0.183. The van der Waals surface area contributed by atoms with Gasteiger partial charge in [-0.25, -0.2) is 0 Å². The van der Waals surface area contributed by atoms with Gasteiger partial charge in [0.05, 0.1) is 5.69 Å². The molecule has 1 aliphatic heterocycles. The molecule has 5 nitrogen and oxygen atoms in total. The molecule has 2 heterocycles. The average Bonchev–Trinajstić information content (AvgIpc) is 3.48. The van der Waals surface area contributed by atoms with Crippen LogP contribution in [0, 0.1) is 0 Å². The van der Waals surface area contributed by atoms with Gasteiger partial charge in [0.25, 0.3) is 0 Å². The second kappa shape index (κ2) is 7.84. The highest BCUT2D eigenvalue weighted by Gasteiger charge is 2.25. The van der Waals surface area contributed by atoms with Crippen molar-refractivity contribution in [2.45, 2.75) is 38.3 Å². The van der Waals surface area contributed by atoms with Crippen LogP contribution < -0.4 is 5.32 Å². The predicted octanol–water partition coefficient (Wildman–Crippen LogP) is 3.77. The third-order valence-electron chi connectivity index (χ3n) is 5.88. The summed E-state index contributed by atoms with van der Waals surface area (Å²) in [7, 11) is 0. The van der Waals surface area contributed by atoms with Gasteiger partial charge in [-0.2, -0.15) is 5.10 Å². The van der Waals surface area contributed by atoms with E-state index in [9.17, 15) is 4.79 Å². The van der Waals surface area contributed by atoms with Crippen LogP contribution in [-0.2, 0) is 17.8 Å². The van der Waals surface area contributed by atoms with Gasteiger partial charge in [0.15, 0.2) is 0 Å². The zero-order valence-corrected chi connectivity index (χ0v) is 16.5. The SMILES string of the molecule is O=C(CCN1CCc2[nH]nc(-c3ccc(-c4ccccc4)cc3)c2C1)NC1CC1. The second-order valence-electron chi connectivity index (χ2n) is 8.09. The molecule has 29 heavy (non-hydrogen) atoms. The molecule has 2 N–H and O–H groups in total. The Morgan fingerprint density at radius 3 is 2.52 bits per heavy atom. The van der Waals surface area contributed by atoms with Crippen molar-refractivity contribution in [2.75, 3.05) is 13.1 Å². The van der Waals surface area contributed by atoms with Crippen molar-refractivity contribution < 1.29 is 4.79 Å². The van der Waals surface area contributed by atoms with E-state index in [0.717, 1.165) is 50.2 Å². The lowest BCUT2D eigenvalue weighted by Gasteiger charge is -2.26. The first-order valence-corrected chi connectivity index (χ1v) is 10.5. The molecule has 0 bridgehead atoms. The summed E-state index contributed by atoms with van der Waals surface area (Å²) in [6.45, 7) is 2.62. The largest absolute Gasteiger partial charge is 0.353 e. The number of benzene rings is 2. The number of hydrogen-bond acceptors (Lipinski definition) is 3. The summed E-state index contributed by atoms with van der Waals surface area (Å²) in [5, 5.41) is 10.9. The minimum absolute atomic E-state index is 0.183. The quantitative estimate of drug-likeness (QED) is 0.678. The maximum Gasteiger partial charge on any atom is 0.221 e. The molecule has 148 valence electrons. The number of aromatic amines is 1. The zero-order valence-electron chi connectivity index (χ0n) is 16.5. The van der Waals surface area contributed by atoms with E-state index in [4.69, 9.17) is 0 Å². The van der Waals surface area contributed by atoms with Crippen molar-refractivity contribution in [1.82, 2.24) is 20.4 Å². The molecule has 5 heteroatoms. The maximum atomic E-state index is 12.0. The highest BCUT2D eigenvalue weighted by Crippen LogP contribution is 2.30. The van der Waals surface area contributed by atoms with E-state index in [0.29, 0.717) is 12.5 Å². The molecule has 1 amide bonds. The monoisotopic (exact) mass is 386 g/mol. The highest BCUT2D eigenvalue weighted by atomic mass is 16.1. The van der Waals surface area contributed by atoms with Gasteiger partial charge in [0.1, 0.15) is 0 Å². The van der Waals surface area contributed by atoms with E-state index in [1.165, 1.54) is 22.4 Å². The Hall–Kier alpha value is -2.92. The molecule has 0 unspecified atom stereocenters. The van der Waals surface area contributed by atoms with E-state index in [1.807, 2.05) is 6.07 Å². The molecule has 1 saturated carbocycles. The van der Waals surface area contributed by atoms with Crippen LogP contribution in [0.4, 0.5) is 0 Å². The lowest BCUT2D eigenvalue weighted by molar-refractivity contribution is -0.121. The molecule has 1 fully saturated rings. The predicted molar refractivity (Wildman–Crippen MR) is 114 cm³/mol. The van der Waals surface area contributed by atoms with Crippen LogP contribution >= 0.6 is 0 Å². The Morgan fingerprint density at radius 1 is 1.03 bits per heavy atom. The van der Waals surface area contributed by atoms with Crippen LogP contribution in [0.3, 0.4) is 0 Å². The van der Waals surface area contributed by atoms with Crippen molar-refractivity contribution in [1.29, 1.82) is 0 Å². The number of rotatable bonds is 6. The van der Waals surface area contributed by atoms with Crippen LogP contribution in [0.2, 0.25) is 0 Å². The number of amides is 1. The van der Waals surface area contributed by atoms with E-state index in [-0.39, 0.29) is 5.91 Å². The molecule has 5 rings (SSSR count). The van der Waals surface area contributed by atoms with Crippen molar-refractivity contribution >= 4 is 5.91 Å². The molecular weight excluding hydrogens is 360 g/mol. The van der Waals surface area contributed by atoms with Gasteiger partial charge in [-0.15, -0.1) is 0 Å². The lowest BCUT2D eigenvalue weighted by atomic mass is 9.98. The first-order valence-electron chi connectivity index (χ1n) is 10.5. The fourth-order valence-electron chi connectivity index (χ4n) is 4.02. The van der Waals surface area contributed by atoms with Gasteiger partial charge in [-0.1, -0.05) is 54.6 Å². The zero-order chi connectivity index (χ0) is 19.6. The first kappa shape index (κ1) is 18.1. The molecule has 2 aromatic carbocycles. The third-order valence-corrected chi connectivity index (χ3v) is 5.88. The van der Waals surface area contributed by atoms with Gasteiger partial charge in [0.2, 0.25) is 5.91 Å². The molecule has 0 radical (unpaired) electrons. The number of carbonyl (C=O) groups is 1. The van der Waals surface area contributed by atoms with Gasteiger partial charge in [0, 0.05) is 55.3 Å². The van der Waals surface area contributed by atoms with Crippen LogP contribution in [-0.4, -0.2) is 40.1 Å². The highest BCUT2D eigenvalue weighted by molar-refractivity contribution is 5.76. The number of fused-ring (bicyclic) bond motifs is 1. The van der Waals surface area contributed by atoms with Crippen LogP contribution in [0.1, 0.15) is 30.5 Å². The number of nitrogens with zero attached hydrogens (tertiary/aromatic N) is 2. The first-order chi connectivity index (χ1) is 14.3. The van der Waals surface area contributed by atoms with Crippen LogP contribution in [0.15, 0.2) is 54.6 Å². The lowest BCUT2D eigenvalue weighted by Crippen LogP contribution is -2.35. The molecule has 0 spiro atoms. The Bertz CT molecular complexity index is 989. The fraction of sp³-hybridized carbons (Fsp3) is 0.333. The van der Waals surface area contributed by atoms with E-state index in [1.54, 1.807) is 0 Å². The molecule has 0 atom stereocenters. The third kappa shape index (κ3) is 4.10.